The lowest BCUT2D eigenvalue weighted by molar-refractivity contribution is -0.125. The molecule has 0 spiro atoms. The second-order valence-electron chi connectivity index (χ2n) is 6.98. The summed E-state index contributed by atoms with van der Waals surface area (Å²) < 4.78 is 16.7. The van der Waals surface area contributed by atoms with Crippen molar-refractivity contribution >= 4 is 28.2 Å². The van der Waals surface area contributed by atoms with Crippen LogP contribution in [0.4, 0.5) is 5.00 Å². The number of hydrogen-bond donors (Lipinski definition) is 1. The van der Waals surface area contributed by atoms with Crippen molar-refractivity contribution < 1.29 is 23.8 Å². The van der Waals surface area contributed by atoms with E-state index in [4.69, 9.17) is 14.2 Å². The van der Waals surface area contributed by atoms with Gasteiger partial charge in [0.1, 0.15) is 17.2 Å². The van der Waals surface area contributed by atoms with Gasteiger partial charge in [-0.2, -0.15) is 0 Å². The van der Waals surface area contributed by atoms with Gasteiger partial charge in [0.2, 0.25) is 6.10 Å². The average molecular weight is 438 g/mol. The number of nitrogens with one attached hydrogen (secondary N) is 1. The molecule has 0 fully saturated rings. The first-order valence-electron chi connectivity index (χ1n) is 10.2. The molecular weight excluding hydrogens is 414 g/mol. The van der Waals surface area contributed by atoms with E-state index in [0.717, 1.165) is 17.5 Å². The molecule has 160 valence electrons. The third-order valence-corrected chi connectivity index (χ3v) is 5.88. The van der Waals surface area contributed by atoms with Crippen molar-refractivity contribution in [1.82, 2.24) is 0 Å². The summed E-state index contributed by atoms with van der Waals surface area (Å²) in [5.74, 6) is 0.268. The van der Waals surface area contributed by atoms with Crippen molar-refractivity contribution in [1.29, 1.82) is 0 Å². The second-order valence-corrected chi connectivity index (χ2v) is 7.86. The van der Waals surface area contributed by atoms with Crippen LogP contribution in [0.3, 0.4) is 0 Å². The van der Waals surface area contributed by atoms with Gasteiger partial charge in [0.25, 0.3) is 5.91 Å². The Morgan fingerprint density at radius 2 is 1.84 bits per heavy atom. The molecule has 0 saturated carbocycles. The lowest BCUT2D eigenvalue weighted by Gasteiger charge is -2.25. The molecule has 1 N–H and O–H groups in total. The predicted octanol–water partition coefficient (Wildman–Crippen LogP) is 4.93. The SMILES string of the molecule is CCOC(=O)c1c(-c2ccc(CC)cc2)csc1NC(=O)C1COc2ccccc2O1. The van der Waals surface area contributed by atoms with Crippen molar-refractivity contribution in [2.24, 2.45) is 0 Å². The van der Waals surface area contributed by atoms with E-state index >= 15 is 0 Å². The maximum atomic E-state index is 12.9. The van der Waals surface area contributed by atoms with E-state index in [2.05, 4.69) is 12.2 Å². The predicted molar refractivity (Wildman–Crippen MR) is 120 cm³/mol. The van der Waals surface area contributed by atoms with Crippen LogP contribution in [-0.2, 0) is 16.0 Å². The lowest BCUT2D eigenvalue weighted by atomic mass is 10.0. The second kappa shape index (κ2) is 9.22. The standard InChI is InChI=1S/C24H23NO5S/c1-3-15-9-11-16(12-10-15)17-14-31-23(21(17)24(27)28-4-2)25-22(26)20-13-29-18-7-5-6-8-19(18)30-20/h5-12,14,20H,3-4,13H2,1-2H3,(H,25,26). The van der Waals surface area contributed by atoms with Gasteiger partial charge in [-0.05, 0) is 36.6 Å². The van der Waals surface area contributed by atoms with Crippen LogP contribution in [0, 0.1) is 0 Å². The number of fused-ring (bicyclic) bond motifs is 1. The van der Waals surface area contributed by atoms with E-state index < -0.39 is 12.1 Å². The summed E-state index contributed by atoms with van der Waals surface area (Å²) in [5.41, 5.74) is 3.18. The summed E-state index contributed by atoms with van der Waals surface area (Å²) >= 11 is 1.28. The zero-order chi connectivity index (χ0) is 21.8. The lowest BCUT2D eigenvalue weighted by Crippen LogP contribution is -2.40. The molecule has 1 aliphatic heterocycles. The summed E-state index contributed by atoms with van der Waals surface area (Å²) in [4.78, 5) is 25.6. The topological polar surface area (TPSA) is 73.9 Å². The molecule has 31 heavy (non-hydrogen) atoms. The molecule has 1 aliphatic rings. The molecule has 1 amide bonds. The molecule has 6 nitrogen and oxygen atoms in total. The van der Waals surface area contributed by atoms with Crippen molar-refractivity contribution in [3.63, 3.8) is 0 Å². The number of carbonyl (C=O) groups excluding carboxylic acids is 2. The molecule has 1 aromatic heterocycles. The van der Waals surface area contributed by atoms with E-state index in [-0.39, 0.29) is 19.1 Å². The van der Waals surface area contributed by atoms with Crippen molar-refractivity contribution in [3.05, 3.63) is 65.0 Å². The number of aryl methyl sites for hydroxylation is 1. The van der Waals surface area contributed by atoms with E-state index in [0.29, 0.717) is 22.1 Å². The van der Waals surface area contributed by atoms with E-state index in [1.165, 1.54) is 16.9 Å². The Bertz CT molecular complexity index is 1090. The Morgan fingerprint density at radius 1 is 1.10 bits per heavy atom. The molecule has 2 heterocycles. The fraction of sp³-hybridized carbons (Fsp3) is 0.250. The Balaban J connectivity index is 1.59. The summed E-state index contributed by atoms with van der Waals surface area (Å²) in [7, 11) is 0. The minimum Gasteiger partial charge on any atom is -0.485 e. The molecular formula is C24H23NO5S. The summed E-state index contributed by atoms with van der Waals surface area (Å²) in [5, 5.41) is 5.13. The number of rotatable bonds is 6. The van der Waals surface area contributed by atoms with Crippen LogP contribution in [0.25, 0.3) is 11.1 Å². The number of carbonyl (C=O) groups is 2. The van der Waals surface area contributed by atoms with Crippen LogP contribution >= 0.6 is 11.3 Å². The Hall–Kier alpha value is -3.32. The van der Waals surface area contributed by atoms with Gasteiger partial charge in [-0.15, -0.1) is 11.3 Å². The fourth-order valence-corrected chi connectivity index (χ4v) is 4.29. The number of para-hydroxylation sites is 2. The molecule has 0 bridgehead atoms. The van der Waals surface area contributed by atoms with Crippen molar-refractivity contribution in [2.45, 2.75) is 26.4 Å². The van der Waals surface area contributed by atoms with Crippen LogP contribution < -0.4 is 14.8 Å². The molecule has 2 aromatic carbocycles. The third-order valence-electron chi connectivity index (χ3n) is 4.98. The highest BCUT2D eigenvalue weighted by Crippen LogP contribution is 2.37. The van der Waals surface area contributed by atoms with Gasteiger partial charge >= 0.3 is 5.97 Å². The van der Waals surface area contributed by atoms with Crippen LogP contribution in [0.15, 0.2) is 53.9 Å². The van der Waals surface area contributed by atoms with E-state index in [1.807, 2.05) is 41.8 Å². The Kier molecular flexibility index (Phi) is 6.23. The highest BCUT2D eigenvalue weighted by atomic mass is 32.1. The fourth-order valence-electron chi connectivity index (χ4n) is 3.33. The van der Waals surface area contributed by atoms with Crippen molar-refractivity contribution in [3.8, 4) is 22.6 Å². The van der Waals surface area contributed by atoms with Crippen LogP contribution in [0.5, 0.6) is 11.5 Å². The highest BCUT2D eigenvalue weighted by Gasteiger charge is 2.30. The molecule has 4 rings (SSSR count). The minimum atomic E-state index is -0.820. The van der Waals surface area contributed by atoms with Crippen LogP contribution in [-0.4, -0.2) is 31.2 Å². The first kappa shape index (κ1) is 20.9. The molecule has 0 saturated heterocycles. The maximum absolute atomic E-state index is 12.9. The zero-order valence-electron chi connectivity index (χ0n) is 17.3. The first-order valence-corrected chi connectivity index (χ1v) is 11.1. The largest absolute Gasteiger partial charge is 0.485 e. The van der Waals surface area contributed by atoms with Crippen molar-refractivity contribution in [2.75, 3.05) is 18.5 Å². The Labute approximate surface area is 184 Å². The number of thiophene rings is 1. The molecule has 7 heteroatoms. The number of esters is 1. The molecule has 1 unspecified atom stereocenters. The summed E-state index contributed by atoms with van der Waals surface area (Å²) in [6, 6.07) is 15.2. The number of benzene rings is 2. The maximum Gasteiger partial charge on any atom is 0.341 e. The Morgan fingerprint density at radius 3 is 2.55 bits per heavy atom. The molecule has 0 aliphatic carbocycles. The van der Waals surface area contributed by atoms with Gasteiger partial charge in [-0.25, -0.2) is 4.79 Å². The summed E-state index contributed by atoms with van der Waals surface area (Å²) in [6.45, 7) is 4.18. The third kappa shape index (κ3) is 4.41. The number of amides is 1. The zero-order valence-corrected chi connectivity index (χ0v) is 18.2. The smallest absolute Gasteiger partial charge is 0.341 e. The summed E-state index contributed by atoms with van der Waals surface area (Å²) in [6.07, 6.45) is 0.113. The minimum absolute atomic E-state index is 0.0916. The average Bonchev–Trinajstić information content (AvgIpc) is 3.22. The molecule has 0 radical (unpaired) electrons. The van der Waals surface area contributed by atoms with E-state index in [1.54, 1.807) is 19.1 Å². The van der Waals surface area contributed by atoms with Gasteiger partial charge in [-0.3, -0.25) is 4.79 Å². The van der Waals surface area contributed by atoms with Gasteiger partial charge in [0.15, 0.2) is 11.5 Å². The van der Waals surface area contributed by atoms with Gasteiger partial charge in [0.05, 0.1) is 6.61 Å². The normalized spacial score (nSPS) is 14.7. The first-order chi connectivity index (χ1) is 15.1. The molecule has 1 atom stereocenters. The van der Waals surface area contributed by atoms with Crippen LogP contribution in [0.2, 0.25) is 0 Å². The highest BCUT2D eigenvalue weighted by molar-refractivity contribution is 7.15. The molecule has 3 aromatic rings. The van der Waals surface area contributed by atoms with Crippen LogP contribution in [0.1, 0.15) is 29.8 Å². The van der Waals surface area contributed by atoms with Gasteiger partial charge in [0, 0.05) is 10.9 Å². The quantitative estimate of drug-likeness (QED) is 0.554. The number of ether oxygens (including phenoxy) is 3. The van der Waals surface area contributed by atoms with E-state index in [9.17, 15) is 9.59 Å². The number of anilines is 1. The van der Waals surface area contributed by atoms with Gasteiger partial charge < -0.3 is 19.5 Å². The monoisotopic (exact) mass is 437 g/mol. The van der Waals surface area contributed by atoms with Gasteiger partial charge in [-0.1, -0.05) is 43.3 Å². The number of hydrogen-bond acceptors (Lipinski definition) is 6.